The number of rotatable bonds is 6. The lowest BCUT2D eigenvalue weighted by Crippen LogP contribution is -2.48. The quantitative estimate of drug-likeness (QED) is 0.404. The van der Waals surface area contributed by atoms with Gasteiger partial charge in [0.1, 0.15) is 5.69 Å². The van der Waals surface area contributed by atoms with E-state index in [1.54, 1.807) is 23.2 Å². The van der Waals surface area contributed by atoms with Crippen LogP contribution in [0.5, 0.6) is 0 Å². The molecule has 2 aromatic heterocycles. The van der Waals surface area contributed by atoms with Gasteiger partial charge in [-0.05, 0) is 22.6 Å². The van der Waals surface area contributed by atoms with Crippen molar-refractivity contribution in [2.45, 2.75) is 19.4 Å². The van der Waals surface area contributed by atoms with E-state index < -0.39 is 22.6 Å². The molecule has 4 rings (SSSR count). The molecule has 0 atom stereocenters. The highest BCUT2D eigenvalue weighted by molar-refractivity contribution is 5.92. The molecule has 174 valence electrons. The lowest BCUT2D eigenvalue weighted by Gasteiger charge is -2.34. The van der Waals surface area contributed by atoms with Crippen LogP contribution in [0.2, 0.25) is 0 Å². The van der Waals surface area contributed by atoms with Crippen LogP contribution in [0.15, 0.2) is 42.9 Å². The Bertz CT molecular complexity index is 1150. The van der Waals surface area contributed by atoms with Crippen LogP contribution in [-0.2, 0) is 19.4 Å². The predicted molar refractivity (Wildman–Crippen MR) is 107 cm³/mol. The molecule has 11 nitrogen and oxygen atoms in total. The van der Waals surface area contributed by atoms with E-state index in [1.165, 1.54) is 21.8 Å². The zero-order chi connectivity index (χ0) is 23.6. The SMILES string of the molecule is O=C(c1ccn(Cn2cnc([N+](=O)[O-])n2)n1)N1CCN(Cc2cccc(C(F)(F)F)c2)CC1. The van der Waals surface area contributed by atoms with Crippen molar-refractivity contribution < 1.29 is 22.9 Å². The van der Waals surface area contributed by atoms with E-state index in [0.29, 0.717) is 38.3 Å². The summed E-state index contributed by atoms with van der Waals surface area (Å²) in [5.74, 6) is -0.793. The Hall–Kier alpha value is -3.81. The summed E-state index contributed by atoms with van der Waals surface area (Å²) < 4.78 is 41.4. The highest BCUT2D eigenvalue weighted by Crippen LogP contribution is 2.29. The van der Waals surface area contributed by atoms with Crippen LogP contribution in [0.25, 0.3) is 0 Å². The third-order valence-electron chi connectivity index (χ3n) is 5.16. The maximum atomic E-state index is 12.9. The summed E-state index contributed by atoms with van der Waals surface area (Å²) in [6, 6.07) is 6.79. The minimum absolute atomic E-state index is 0.0545. The van der Waals surface area contributed by atoms with E-state index >= 15 is 0 Å². The molecule has 1 aromatic carbocycles. The van der Waals surface area contributed by atoms with E-state index in [4.69, 9.17) is 0 Å². The van der Waals surface area contributed by atoms with Gasteiger partial charge in [-0.1, -0.05) is 23.2 Å². The monoisotopic (exact) mass is 464 g/mol. The first-order chi connectivity index (χ1) is 15.7. The minimum Gasteiger partial charge on any atom is -0.390 e. The molecular formula is C19H19F3N8O3. The number of halogens is 3. The Balaban J connectivity index is 1.31. The Kier molecular flexibility index (Phi) is 6.09. The summed E-state index contributed by atoms with van der Waals surface area (Å²) in [6.07, 6.45) is -1.62. The normalized spacial score (nSPS) is 15.1. The molecule has 1 aliphatic heterocycles. The number of hydrogen-bond donors (Lipinski definition) is 0. The first-order valence-electron chi connectivity index (χ1n) is 9.94. The third-order valence-corrected chi connectivity index (χ3v) is 5.16. The van der Waals surface area contributed by atoms with E-state index in [2.05, 4.69) is 15.2 Å². The van der Waals surface area contributed by atoms with Gasteiger partial charge >= 0.3 is 12.1 Å². The standard InChI is InChI=1S/C19H19F3N8O3/c20-19(21,22)15-3-1-2-14(10-15)11-26-6-8-27(9-7-26)17(31)16-4-5-28(24-16)13-29-12-23-18(25-29)30(32)33/h1-5,10,12H,6-9,11,13H2. The van der Waals surface area contributed by atoms with Crippen molar-refractivity contribution in [3.8, 4) is 0 Å². The maximum Gasteiger partial charge on any atom is 0.491 e. The van der Waals surface area contributed by atoms with Crippen molar-refractivity contribution in [1.82, 2.24) is 34.3 Å². The van der Waals surface area contributed by atoms with Gasteiger partial charge in [-0.3, -0.25) is 9.69 Å². The summed E-state index contributed by atoms with van der Waals surface area (Å²) in [5.41, 5.74) is 0.109. The zero-order valence-corrected chi connectivity index (χ0v) is 17.2. The fraction of sp³-hybridized carbons (Fsp3) is 0.368. The molecule has 0 radical (unpaired) electrons. The van der Waals surface area contributed by atoms with Gasteiger partial charge in [-0.2, -0.15) is 23.0 Å². The number of aromatic nitrogens is 5. The Morgan fingerprint density at radius 1 is 1.09 bits per heavy atom. The second kappa shape index (κ2) is 8.97. The van der Waals surface area contributed by atoms with Gasteiger partial charge in [-0.25, -0.2) is 4.68 Å². The average Bonchev–Trinajstić information content (AvgIpc) is 3.44. The molecule has 0 spiro atoms. The lowest BCUT2D eigenvalue weighted by molar-refractivity contribution is -0.394. The number of amides is 1. The van der Waals surface area contributed by atoms with Crippen molar-refractivity contribution in [3.05, 3.63) is 69.8 Å². The van der Waals surface area contributed by atoms with Crippen LogP contribution >= 0.6 is 0 Å². The highest BCUT2D eigenvalue weighted by atomic mass is 19.4. The summed E-state index contributed by atoms with van der Waals surface area (Å²) >= 11 is 0. The Morgan fingerprint density at radius 3 is 2.52 bits per heavy atom. The molecule has 3 aromatic rings. The molecule has 0 aliphatic carbocycles. The van der Waals surface area contributed by atoms with Crippen molar-refractivity contribution in [2.75, 3.05) is 26.2 Å². The first-order valence-corrected chi connectivity index (χ1v) is 9.94. The number of nitrogens with zero attached hydrogens (tertiary/aromatic N) is 8. The molecule has 3 heterocycles. The first kappa shape index (κ1) is 22.4. The van der Waals surface area contributed by atoms with E-state index in [0.717, 1.165) is 12.1 Å². The van der Waals surface area contributed by atoms with Crippen molar-refractivity contribution in [1.29, 1.82) is 0 Å². The smallest absolute Gasteiger partial charge is 0.390 e. The molecule has 0 N–H and O–H groups in total. The van der Waals surface area contributed by atoms with Gasteiger partial charge in [-0.15, -0.1) is 0 Å². The third kappa shape index (κ3) is 5.34. The number of piperazine rings is 1. The summed E-state index contributed by atoms with van der Waals surface area (Å²) in [7, 11) is 0. The topological polar surface area (TPSA) is 115 Å². The van der Waals surface area contributed by atoms with Gasteiger partial charge in [0.25, 0.3) is 5.91 Å². The minimum atomic E-state index is -4.38. The molecule has 1 saturated heterocycles. The number of carbonyl (C=O) groups is 1. The molecule has 1 aliphatic rings. The van der Waals surface area contributed by atoms with E-state index in [9.17, 15) is 28.1 Å². The molecule has 14 heteroatoms. The largest absolute Gasteiger partial charge is 0.491 e. The molecule has 33 heavy (non-hydrogen) atoms. The molecular weight excluding hydrogens is 445 g/mol. The Morgan fingerprint density at radius 2 is 1.85 bits per heavy atom. The van der Waals surface area contributed by atoms with Gasteiger partial charge in [0.05, 0.1) is 5.56 Å². The number of alkyl halides is 3. The number of carbonyl (C=O) groups excluding carboxylic acids is 1. The lowest BCUT2D eigenvalue weighted by atomic mass is 10.1. The Labute approximate surface area is 185 Å². The maximum absolute atomic E-state index is 12.9. The van der Waals surface area contributed by atoms with Crippen molar-refractivity contribution in [2.24, 2.45) is 0 Å². The van der Waals surface area contributed by atoms with Crippen LogP contribution in [0.3, 0.4) is 0 Å². The fourth-order valence-corrected chi connectivity index (χ4v) is 3.51. The van der Waals surface area contributed by atoms with Gasteiger partial charge < -0.3 is 15.0 Å². The van der Waals surface area contributed by atoms with E-state index in [1.807, 2.05) is 4.90 Å². The van der Waals surface area contributed by atoms with Crippen LogP contribution in [0.4, 0.5) is 19.1 Å². The van der Waals surface area contributed by atoms with Crippen molar-refractivity contribution >= 4 is 11.9 Å². The van der Waals surface area contributed by atoms with Gasteiger partial charge in [0.2, 0.25) is 6.33 Å². The number of nitro groups is 1. The van der Waals surface area contributed by atoms with Crippen LogP contribution < -0.4 is 0 Å². The summed E-state index contributed by atoms with van der Waals surface area (Å²) in [5, 5.41) is 18.6. The number of benzene rings is 1. The fourth-order valence-electron chi connectivity index (χ4n) is 3.51. The molecule has 0 unspecified atom stereocenters. The zero-order valence-electron chi connectivity index (χ0n) is 17.2. The van der Waals surface area contributed by atoms with Crippen molar-refractivity contribution in [3.63, 3.8) is 0 Å². The molecule has 0 bridgehead atoms. The van der Waals surface area contributed by atoms with Gasteiger partial charge in [0.15, 0.2) is 6.67 Å². The molecule has 1 fully saturated rings. The summed E-state index contributed by atoms with van der Waals surface area (Å²) in [4.78, 5) is 29.9. The summed E-state index contributed by atoms with van der Waals surface area (Å²) in [6.45, 7) is 2.29. The van der Waals surface area contributed by atoms with Crippen LogP contribution in [0.1, 0.15) is 21.6 Å². The predicted octanol–water partition coefficient (Wildman–Crippen LogP) is 1.87. The van der Waals surface area contributed by atoms with E-state index in [-0.39, 0.29) is 18.3 Å². The van der Waals surface area contributed by atoms with Crippen LogP contribution in [-0.4, -0.2) is 71.4 Å². The van der Waals surface area contributed by atoms with Crippen LogP contribution in [0, 0.1) is 10.1 Å². The van der Waals surface area contributed by atoms with Gasteiger partial charge in [0, 0.05) is 44.0 Å². The molecule has 1 amide bonds. The average molecular weight is 464 g/mol. The second-order valence-corrected chi connectivity index (χ2v) is 7.49. The highest BCUT2D eigenvalue weighted by Gasteiger charge is 2.30. The molecule has 0 saturated carbocycles. The number of hydrogen-bond acceptors (Lipinski definition) is 7. The second-order valence-electron chi connectivity index (χ2n) is 7.49.